The normalized spacial score (nSPS) is 28.3. The Labute approximate surface area is 288 Å². The summed E-state index contributed by atoms with van der Waals surface area (Å²) in [4.78, 5) is 46.2. The van der Waals surface area contributed by atoms with Gasteiger partial charge in [0.25, 0.3) is 5.91 Å². The zero-order valence-electron chi connectivity index (χ0n) is 30.9. The fourth-order valence-electron chi connectivity index (χ4n) is 5.96. The Kier molecular flexibility index (Phi) is 17.5. The van der Waals surface area contributed by atoms with Crippen molar-refractivity contribution in [1.82, 2.24) is 25.8 Å². The summed E-state index contributed by atoms with van der Waals surface area (Å²) in [6.45, 7) is 10.2. The highest BCUT2D eigenvalue weighted by atomic mass is 16.5. The van der Waals surface area contributed by atoms with Crippen LogP contribution in [0.3, 0.4) is 0 Å². The Hall–Kier alpha value is -3.09. The fourth-order valence-corrected chi connectivity index (χ4v) is 5.96. The summed E-state index contributed by atoms with van der Waals surface area (Å²) in [6.07, 6.45) is 8.63. The van der Waals surface area contributed by atoms with Crippen molar-refractivity contribution in [3.05, 3.63) is 58.1 Å². The number of rotatable bonds is 12. The molecule has 0 radical (unpaired) electrons. The minimum Gasteiger partial charge on any atom is -0.390 e. The summed E-state index contributed by atoms with van der Waals surface area (Å²) in [6, 6.07) is 0. The van der Waals surface area contributed by atoms with Crippen LogP contribution in [0.25, 0.3) is 0 Å². The molecule has 11 nitrogen and oxygen atoms in total. The van der Waals surface area contributed by atoms with Crippen molar-refractivity contribution in [2.75, 3.05) is 68.6 Å². The molecule has 0 saturated heterocycles. The number of amides is 1. The van der Waals surface area contributed by atoms with Crippen molar-refractivity contribution in [2.45, 2.75) is 78.1 Å². The number of Topliss-reactive ketones (excluding diaryl/α,β-unsaturated/α-hetero) is 2. The smallest absolute Gasteiger partial charge is 0.251 e. The van der Waals surface area contributed by atoms with Gasteiger partial charge >= 0.3 is 0 Å². The largest absolute Gasteiger partial charge is 0.390 e. The zero-order chi connectivity index (χ0) is 36.0. The molecule has 2 rings (SSSR count). The van der Waals surface area contributed by atoms with Gasteiger partial charge < -0.3 is 40.3 Å². The van der Waals surface area contributed by atoms with Gasteiger partial charge in [0.05, 0.1) is 24.0 Å². The highest BCUT2D eigenvalue weighted by Gasteiger charge is 2.37. The average Bonchev–Trinajstić information content (AvgIpc) is 3.02. The molecular weight excluding hydrogens is 610 g/mol. The molecule has 11 heteroatoms. The number of nitrogens with one attached hydrogen (secondary N) is 3. The second-order valence-corrected chi connectivity index (χ2v) is 13.8. The number of hydrogen-bond donors (Lipinski definition) is 4. The number of hydrogen-bond acceptors (Lipinski definition) is 10. The minimum atomic E-state index is -0.786. The molecule has 0 unspecified atom stereocenters. The lowest BCUT2D eigenvalue weighted by Crippen LogP contribution is -2.43. The van der Waals surface area contributed by atoms with Gasteiger partial charge in [-0.25, -0.2) is 0 Å². The third-order valence-corrected chi connectivity index (χ3v) is 8.73. The SMILES string of the molecule is CO[C@@H]1/C=C\C=C(/C)C(=O)NC2=C(NCCCN(C)C)C(=O)C(NCCCN(C)C)=C(C[C@@H](C)C[C@H](OC)[C@H](O)[C@@H](C)/C=C(\C)C1)C2=O. The number of nitrogens with zero attached hydrogens (tertiary/aromatic N) is 2. The molecule has 48 heavy (non-hydrogen) atoms. The van der Waals surface area contributed by atoms with Crippen LogP contribution in [0.2, 0.25) is 0 Å². The van der Waals surface area contributed by atoms with E-state index in [1.165, 1.54) is 0 Å². The van der Waals surface area contributed by atoms with Gasteiger partial charge in [-0.1, -0.05) is 43.7 Å². The van der Waals surface area contributed by atoms with Gasteiger partial charge in [0.15, 0.2) is 0 Å². The van der Waals surface area contributed by atoms with Crippen molar-refractivity contribution in [3.63, 3.8) is 0 Å². The molecule has 1 amide bonds. The Morgan fingerprint density at radius 1 is 0.896 bits per heavy atom. The van der Waals surface area contributed by atoms with Gasteiger partial charge in [-0.2, -0.15) is 0 Å². The molecule has 0 spiro atoms. The Balaban J connectivity index is 2.65. The highest BCUT2D eigenvalue weighted by molar-refractivity contribution is 6.25. The van der Waals surface area contributed by atoms with Crippen LogP contribution in [-0.4, -0.2) is 119 Å². The van der Waals surface area contributed by atoms with E-state index in [1.54, 1.807) is 33.3 Å². The predicted octanol–water partition coefficient (Wildman–Crippen LogP) is 3.10. The van der Waals surface area contributed by atoms with Gasteiger partial charge in [0, 0.05) is 44.4 Å². The van der Waals surface area contributed by atoms with Crippen molar-refractivity contribution >= 4 is 17.5 Å². The molecule has 270 valence electrons. The number of ketones is 2. The van der Waals surface area contributed by atoms with E-state index in [9.17, 15) is 19.5 Å². The second-order valence-electron chi connectivity index (χ2n) is 13.8. The Morgan fingerprint density at radius 2 is 1.50 bits per heavy atom. The first-order chi connectivity index (χ1) is 22.7. The number of allylic oxidation sites excluding steroid dienone is 3. The van der Waals surface area contributed by atoms with E-state index in [1.807, 2.05) is 66.0 Å². The average molecular weight is 672 g/mol. The number of carbonyl (C=O) groups excluding carboxylic acids is 3. The van der Waals surface area contributed by atoms with E-state index < -0.39 is 23.9 Å². The van der Waals surface area contributed by atoms with E-state index in [2.05, 4.69) is 20.9 Å². The van der Waals surface area contributed by atoms with Crippen LogP contribution in [-0.2, 0) is 23.9 Å². The molecule has 2 aliphatic rings. The molecule has 2 bridgehead atoms. The molecule has 0 aromatic carbocycles. The highest BCUT2D eigenvalue weighted by Crippen LogP contribution is 2.30. The molecule has 0 aromatic heterocycles. The van der Waals surface area contributed by atoms with Crippen LogP contribution < -0.4 is 16.0 Å². The Morgan fingerprint density at radius 3 is 2.06 bits per heavy atom. The van der Waals surface area contributed by atoms with Crippen LogP contribution in [0.1, 0.15) is 59.8 Å². The van der Waals surface area contributed by atoms with Crippen molar-refractivity contribution in [1.29, 1.82) is 0 Å². The van der Waals surface area contributed by atoms with Gasteiger partial charge in [-0.15, -0.1) is 0 Å². The number of aliphatic hydroxyl groups is 1. The zero-order valence-corrected chi connectivity index (χ0v) is 30.9. The molecular formula is C37H61N5O6. The quantitative estimate of drug-likeness (QED) is 0.139. The maximum atomic E-state index is 14.4. The number of carbonyl (C=O) groups is 3. The van der Waals surface area contributed by atoms with Crippen LogP contribution in [0.5, 0.6) is 0 Å². The summed E-state index contributed by atoms with van der Waals surface area (Å²) in [7, 11) is 11.1. The second kappa shape index (κ2) is 20.4. The number of ether oxygens (including phenoxy) is 2. The fraction of sp³-hybridized carbons (Fsp3) is 0.649. The van der Waals surface area contributed by atoms with Crippen LogP contribution in [0, 0.1) is 11.8 Å². The number of fused-ring (bicyclic) bond motifs is 2. The number of methoxy groups -OCH3 is 2. The maximum absolute atomic E-state index is 14.4. The Bertz CT molecular complexity index is 1260. The van der Waals surface area contributed by atoms with E-state index in [0.29, 0.717) is 37.1 Å². The van der Waals surface area contributed by atoms with E-state index >= 15 is 0 Å². The third-order valence-electron chi connectivity index (χ3n) is 8.73. The first-order valence-corrected chi connectivity index (χ1v) is 17.1. The molecule has 0 aromatic rings. The standard InChI is InChI=1S/C37H61N5O6/c1-24-20-27(4)34(43)30(48-10)23-25(2)22-29-31(38-16-12-18-41(5)6)36(45)32(39-17-13-19-42(7)8)33(35(29)44)40-37(46)26(3)14-11-15-28(21-24)47-9/h11,14-15,20,25,27-28,30,34,38-39,43H,12-13,16-19,21-23H2,1-10H3,(H,40,46)/b15-11-,24-20+,26-14+/t25-,27+,28-,30+,34-/m1/s1. The van der Waals surface area contributed by atoms with Crippen molar-refractivity contribution < 1.29 is 29.0 Å². The topological polar surface area (TPSA) is 132 Å². The lowest BCUT2D eigenvalue weighted by molar-refractivity contribution is -0.120. The predicted molar refractivity (Wildman–Crippen MR) is 191 cm³/mol. The summed E-state index contributed by atoms with van der Waals surface area (Å²) in [5.41, 5.74) is 2.05. The van der Waals surface area contributed by atoms with E-state index in [4.69, 9.17) is 9.47 Å². The van der Waals surface area contributed by atoms with Crippen molar-refractivity contribution in [3.8, 4) is 0 Å². The summed E-state index contributed by atoms with van der Waals surface area (Å²) >= 11 is 0. The molecule has 1 aliphatic carbocycles. The van der Waals surface area contributed by atoms with Crippen LogP contribution in [0.15, 0.2) is 58.1 Å². The van der Waals surface area contributed by atoms with Gasteiger partial charge in [-0.05, 0) is 93.1 Å². The van der Waals surface area contributed by atoms with Crippen molar-refractivity contribution in [2.24, 2.45) is 11.8 Å². The maximum Gasteiger partial charge on any atom is 0.251 e. The molecule has 4 N–H and O–H groups in total. The lowest BCUT2D eigenvalue weighted by atomic mass is 9.84. The summed E-state index contributed by atoms with van der Waals surface area (Å²) in [5, 5.41) is 20.6. The monoisotopic (exact) mass is 671 g/mol. The summed E-state index contributed by atoms with van der Waals surface area (Å²) in [5.74, 6) is -1.56. The van der Waals surface area contributed by atoms with Crippen LogP contribution >= 0.6 is 0 Å². The first-order valence-electron chi connectivity index (χ1n) is 17.1. The van der Waals surface area contributed by atoms with Gasteiger partial charge in [0.2, 0.25) is 11.6 Å². The first kappa shape index (κ1) is 41.1. The van der Waals surface area contributed by atoms with Crippen LogP contribution in [0.4, 0.5) is 0 Å². The molecule has 1 aliphatic heterocycles. The van der Waals surface area contributed by atoms with E-state index in [0.717, 1.165) is 31.5 Å². The van der Waals surface area contributed by atoms with E-state index in [-0.39, 0.29) is 47.2 Å². The third kappa shape index (κ3) is 12.7. The summed E-state index contributed by atoms with van der Waals surface area (Å²) < 4.78 is 11.4. The number of aliphatic hydroxyl groups excluding tert-OH is 1. The molecule has 0 fully saturated rings. The van der Waals surface area contributed by atoms with Gasteiger partial charge in [-0.3, -0.25) is 14.4 Å². The minimum absolute atomic E-state index is 0.0444. The lowest BCUT2D eigenvalue weighted by Gasteiger charge is -2.30. The molecule has 1 heterocycles. The van der Waals surface area contributed by atoms with Gasteiger partial charge in [0.1, 0.15) is 11.4 Å². The molecule has 0 saturated carbocycles. The molecule has 5 atom stereocenters.